The average Bonchev–Trinajstić information content (AvgIpc) is 2.80. The maximum Gasteiger partial charge on any atom is 0.276 e. The zero-order valence-corrected chi connectivity index (χ0v) is 20.5. The van der Waals surface area contributed by atoms with Crippen LogP contribution in [-0.2, 0) is 16.4 Å². The van der Waals surface area contributed by atoms with Crippen LogP contribution >= 0.6 is 0 Å². The molecule has 34 heavy (non-hydrogen) atoms. The summed E-state index contributed by atoms with van der Waals surface area (Å²) in [6.45, 7) is 4.90. The van der Waals surface area contributed by atoms with Crippen LogP contribution in [0.2, 0.25) is 0 Å². The number of anilines is 1. The van der Waals surface area contributed by atoms with Crippen LogP contribution in [0.25, 0.3) is 5.69 Å². The summed E-state index contributed by atoms with van der Waals surface area (Å²) >= 11 is 0. The third kappa shape index (κ3) is 5.17. The molecule has 2 heterocycles. The fourth-order valence-corrected chi connectivity index (χ4v) is 6.22. The van der Waals surface area contributed by atoms with Crippen molar-refractivity contribution in [2.45, 2.75) is 57.6 Å². The van der Waals surface area contributed by atoms with Gasteiger partial charge in [-0.3, -0.25) is 4.79 Å². The zero-order valence-electron chi connectivity index (χ0n) is 19.7. The summed E-state index contributed by atoms with van der Waals surface area (Å²) in [5.74, 6) is -1.18. The van der Waals surface area contributed by atoms with E-state index in [4.69, 9.17) is 0 Å². The van der Waals surface area contributed by atoms with E-state index in [0.29, 0.717) is 49.8 Å². The van der Waals surface area contributed by atoms with Gasteiger partial charge in [0.05, 0.1) is 22.8 Å². The molecule has 0 amide bonds. The number of aromatic nitrogens is 2. The molecule has 1 aromatic carbocycles. The van der Waals surface area contributed by atoms with Gasteiger partial charge < -0.3 is 4.90 Å². The maximum atomic E-state index is 13.8. The lowest BCUT2D eigenvalue weighted by molar-refractivity contribution is 0.354. The highest BCUT2D eigenvalue weighted by Gasteiger charge is 2.31. The summed E-state index contributed by atoms with van der Waals surface area (Å²) in [5.41, 5.74) is 0.925. The van der Waals surface area contributed by atoms with Crippen molar-refractivity contribution in [3.05, 3.63) is 51.9 Å². The molecule has 186 valence electrons. The highest BCUT2D eigenvalue weighted by molar-refractivity contribution is 7.89. The molecule has 7 nitrogen and oxygen atoms in total. The smallest absolute Gasteiger partial charge is 0.276 e. The van der Waals surface area contributed by atoms with E-state index < -0.39 is 26.9 Å². The number of sulfonamides is 1. The Kier molecular flexibility index (Phi) is 7.37. The van der Waals surface area contributed by atoms with Crippen molar-refractivity contribution in [2.24, 2.45) is 5.92 Å². The summed E-state index contributed by atoms with van der Waals surface area (Å²) < 4.78 is 55.3. The van der Waals surface area contributed by atoms with Gasteiger partial charge in [-0.05, 0) is 38.3 Å². The van der Waals surface area contributed by atoms with Crippen molar-refractivity contribution in [3.63, 3.8) is 0 Å². The summed E-state index contributed by atoms with van der Waals surface area (Å²) in [5, 5.41) is 3.77. The Labute approximate surface area is 199 Å². The van der Waals surface area contributed by atoms with Gasteiger partial charge in [0.1, 0.15) is 11.6 Å². The summed E-state index contributed by atoms with van der Waals surface area (Å²) in [7, 11) is -3.34. The van der Waals surface area contributed by atoms with E-state index in [1.165, 1.54) is 10.7 Å². The van der Waals surface area contributed by atoms with Crippen LogP contribution in [-0.4, -0.2) is 53.9 Å². The van der Waals surface area contributed by atoms with Crippen LogP contribution in [0.5, 0.6) is 0 Å². The number of nitrogens with zero attached hydrogens (tertiary/aromatic N) is 4. The lowest BCUT2D eigenvalue weighted by Crippen LogP contribution is -2.51. The molecule has 2 fully saturated rings. The van der Waals surface area contributed by atoms with Gasteiger partial charge in [-0.1, -0.05) is 32.1 Å². The van der Waals surface area contributed by atoms with E-state index in [0.717, 1.165) is 48.6 Å². The Bertz CT molecular complexity index is 1160. The Morgan fingerprint density at radius 3 is 2.21 bits per heavy atom. The molecule has 0 unspecified atom stereocenters. The van der Waals surface area contributed by atoms with Crippen LogP contribution in [0.15, 0.2) is 29.2 Å². The Hall–Kier alpha value is -2.33. The molecule has 2 aromatic rings. The molecule has 1 aromatic heterocycles. The molecule has 0 N–H and O–H groups in total. The second kappa shape index (κ2) is 10.1. The van der Waals surface area contributed by atoms with Gasteiger partial charge in [0.2, 0.25) is 10.0 Å². The van der Waals surface area contributed by atoms with Gasteiger partial charge in [0.25, 0.3) is 5.56 Å². The minimum absolute atomic E-state index is 0.0480. The second-order valence-electron chi connectivity index (χ2n) is 9.54. The molecule has 0 radical (unpaired) electrons. The molecule has 4 rings (SSSR count). The summed E-state index contributed by atoms with van der Waals surface area (Å²) in [6.07, 6.45) is 7.67. The Morgan fingerprint density at radius 2 is 1.62 bits per heavy atom. The van der Waals surface area contributed by atoms with Crippen LogP contribution in [0, 0.1) is 17.6 Å². The van der Waals surface area contributed by atoms with Crippen LogP contribution in [0.1, 0.15) is 51.5 Å². The zero-order chi connectivity index (χ0) is 24.5. The topological polar surface area (TPSA) is 75.5 Å². The minimum atomic E-state index is -3.34. The van der Waals surface area contributed by atoms with Crippen molar-refractivity contribution in [1.82, 2.24) is 14.1 Å². The maximum absolute atomic E-state index is 13.8. The van der Waals surface area contributed by atoms with Crippen LogP contribution in [0.3, 0.4) is 0 Å². The molecular formula is C24H32F2N4O3S. The predicted molar refractivity (Wildman–Crippen MR) is 128 cm³/mol. The Balaban J connectivity index is 1.68. The quantitative estimate of drug-likeness (QED) is 0.615. The van der Waals surface area contributed by atoms with Crippen molar-refractivity contribution >= 4 is 15.7 Å². The number of piperazine rings is 1. The fourth-order valence-electron chi connectivity index (χ4n) is 4.95. The summed E-state index contributed by atoms with van der Waals surface area (Å²) in [4.78, 5) is 15.6. The average molecular weight is 495 g/mol. The van der Waals surface area contributed by atoms with Crippen LogP contribution in [0.4, 0.5) is 14.5 Å². The molecule has 1 aliphatic heterocycles. The van der Waals surface area contributed by atoms with Gasteiger partial charge in [-0.15, -0.1) is 0 Å². The van der Waals surface area contributed by atoms with E-state index in [-0.39, 0.29) is 11.2 Å². The number of rotatable bonds is 6. The van der Waals surface area contributed by atoms with Crippen molar-refractivity contribution in [1.29, 1.82) is 0 Å². The molecule has 0 bridgehead atoms. The van der Waals surface area contributed by atoms with Gasteiger partial charge in [-0.2, -0.15) is 14.1 Å². The molecule has 2 aliphatic rings. The van der Waals surface area contributed by atoms with E-state index in [9.17, 15) is 22.0 Å². The number of halogens is 2. The van der Waals surface area contributed by atoms with E-state index in [2.05, 4.69) is 5.10 Å². The van der Waals surface area contributed by atoms with E-state index >= 15 is 0 Å². The highest BCUT2D eigenvalue weighted by atomic mass is 32.2. The van der Waals surface area contributed by atoms with Gasteiger partial charge in [0, 0.05) is 37.8 Å². The lowest BCUT2D eigenvalue weighted by Gasteiger charge is -2.37. The van der Waals surface area contributed by atoms with Gasteiger partial charge in [-0.25, -0.2) is 17.2 Å². The molecule has 1 aliphatic carbocycles. The molecule has 1 saturated heterocycles. The third-order valence-electron chi connectivity index (χ3n) is 6.90. The summed E-state index contributed by atoms with van der Waals surface area (Å²) in [6, 6.07) is 2.95. The number of benzene rings is 1. The van der Waals surface area contributed by atoms with Crippen LogP contribution < -0.4 is 10.5 Å². The van der Waals surface area contributed by atoms with Crippen molar-refractivity contribution in [2.75, 3.05) is 31.1 Å². The molecule has 10 heteroatoms. The largest absolute Gasteiger partial charge is 0.367 e. The first-order valence-electron chi connectivity index (χ1n) is 12.0. The SMILES string of the molecule is CC(C)S(=O)(=O)N1CCN(c2cnn(-c3cc(F)cc(F)c3)c(=O)c2CC2CCCCC2)CC1. The monoisotopic (exact) mass is 494 g/mol. The standard InChI is InChI=1S/C24H32F2N4O3S/c1-17(2)34(32,33)29-10-8-28(9-11-29)23-16-27-30(21-14-19(25)13-20(26)15-21)24(31)22(23)12-18-6-4-3-5-7-18/h13-18H,3-12H2,1-2H3. The predicted octanol–water partition coefficient (Wildman–Crippen LogP) is 3.49. The molecule has 0 spiro atoms. The lowest BCUT2D eigenvalue weighted by atomic mass is 9.85. The van der Waals surface area contributed by atoms with Crippen molar-refractivity contribution < 1.29 is 17.2 Å². The van der Waals surface area contributed by atoms with Crippen molar-refractivity contribution in [3.8, 4) is 5.69 Å². The van der Waals surface area contributed by atoms with Gasteiger partial charge in [0.15, 0.2) is 0 Å². The number of hydrogen-bond acceptors (Lipinski definition) is 5. The fraction of sp³-hybridized carbons (Fsp3) is 0.583. The first-order chi connectivity index (χ1) is 16.2. The van der Waals surface area contributed by atoms with E-state index in [1.54, 1.807) is 20.0 Å². The van der Waals surface area contributed by atoms with E-state index in [1.807, 2.05) is 4.90 Å². The van der Waals surface area contributed by atoms with Gasteiger partial charge >= 0.3 is 0 Å². The molecular weight excluding hydrogens is 462 g/mol. The number of hydrogen-bond donors (Lipinski definition) is 0. The first kappa shape index (κ1) is 24.8. The highest BCUT2D eigenvalue weighted by Crippen LogP contribution is 2.30. The normalized spacial score (nSPS) is 18.6. The molecule has 0 atom stereocenters. The minimum Gasteiger partial charge on any atom is -0.367 e. The third-order valence-corrected chi connectivity index (χ3v) is 9.18. The second-order valence-corrected chi connectivity index (χ2v) is 12.0. The molecule has 1 saturated carbocycles. The Morgan fingerprint density at radius 1 is 1.00 bits per heavy atom. The first-order valence-corrected chi connectivity index (χ1v) is 13.5.